The number of fused-ring (bicyclic) bond motifs is 3. The molecule has 1 atom stereocenters. The van der Waals surface area contributed by atoms with E-state index in [4.69, 9.17) is 14.6 Å². The average Bonchev–Trinajstić information content (AvgIpc) is 3.05. The fourth-order valence-corrected chi connectivity index (χ4v) is 3.59. The van der Waals surface area contributed by atoms with E-state index in [1.54, 1.807) is 13.2 Å². The molecule has 6 nitrogen and oxygen atoms in total. The molecular weight excluding hydrogens is 332 g/mol. The number of carboxylic acid groups (broad SMARTS) is 1. The predicted octanol–water partition coefficient (Wildman–Crippen LogP) is 2.88. The molecule has 2 aromatic carbocycles. The molecule has 0 spiro atoms. The Kier molecular flexibility index (Phi) is 4.26. The van der Waals surface area contributed by atoms with E-state index >= 15 is 0 Å². The van der Waals surface area contributed by atoms with E-state index in [-0.39, 0.29) is 6.04 Å². The van der Waals surface area contributed by atoms with Crippen LogP contribution in [0, 0.1) is 0 Å². The van der Waals surface area contributed by atoms with Crippen LogP contribution >= 0.6 is 0 Å². The number of benzene rings is 2. The lowest BCUT2D eigenvalue weighted by atomic mass is 9.94. The maximum atomic E-state index is 10.7. The zero-order valence-electron chi connectivity index (χ0n) is 14.4. The van der Waals surface area contributed by atoms with Gasteiger partial charge in [0.2, 0.25) is 0 Å². The minimum absolute atomic E-state index is 0.0218. The first-order valence-corrected chi connectivity index (χ1v) is 8.52. The summed E-state index contributed by atoms with van der Waals surface area (Å²) in [7, 11) is 1.55. The molecule has 26 heavy (non-hydrogen) atoms. The van der Waals surface area contributed by atoms with Gasteiger partial charge in [0.1, 0.15) is 0 Å². The van der Waals surface area contributed by atoms with E-state index in [2.05, 4.69) is 28.5 Å². The molecule has 134 valence electrons. The molecule has 0 bridgehead atoms. The number of aromatic amines is 1. The standard InChI is InChI=1S/C20H20N2O4/c1-25-17-10-12(6-7-16(17)26-11-18(23)24)19-20-14(8-9-21-19)13-4-2-3-5-15(13)22-20/h2-7,10,19,21-22H,8-9,11H2,1H3,(H,23,24)/t19-/m0/s1. The SMILES string of the molecule is COc1cc([C@@H]2NCCc3c2[nH]c2ccccc32)ccc1OCC(=O)O. The van der Waals surface area contributed by atoms with Gasteiger partial charge in [-0.2, -0.15) is 0 Å². The molecular formula is C20H20N2O4. The van der Waals surface area contributed by atoms with E-state index in [0.29, 0.717) is 11.5 Å². The normalized spacial score (nSPS) is 16.3. The Bertz CT molecular complexity index is 964. The Morgan fingerprint density at radius 3 is 2.88 bits per heavy atom. The molecule has 0 amide bonds. The number of nitrogens with one attached hydrogen (secondary N) is 2. The highest BCUT2D eigenvalue weighted by Gasteiger charge is 2.26. The molecule has 0 radical (unpaired) electrons. The van der Waals surface area contributed by atoms with Gasteiger partial charge in [-0.25, -0.2) is 4.79 Å². The van der Waals surface area contributed by atoms with E-state index in [9.17, 15) is 4.79 Å². The number of ether oxygens (including phenoxy) is 2. The number of hydrogen-bond donors (Lipinski definition) is 3. The monoisotopic (exact) mass is 352 g/mol. The number of methoxy groups -OCH3 is 1. The largest absolute Gasteiger partial charge is 0.493 e. The van der Waals surface area contributed by atoms with Gasteiger partial charge in [0.15, 0.2) is 18.1 Å². The lowest BCUT2D eigenvalue weighted by molar-refractivity contribution is -0.139. The van der Waals surface area contributed by atoms with Gasteiger partial charge in [-0.1, -0.05) is 24.3 Å². The zero-order valence-corrected chi connectivity index (χ0v) is 14.4. The van der Waals surface area contributed by atoms with Crippen LogP contribution in [-0.2, 0) is 11.2 Å². The van der Waals surface area contributed by atoms with Crippen molar-refractivity contribution in [2.75, 3.05) is 20.3 Å². The van der Waals surface area contributed by atoms with Gasteiger partial charge in [-0.15, -0.1) is 0 Å². The van der Waals surface area contributed by atoms with Gasteiger partial charge in [0, 0.05) is 23.1 Å². The highest BCUT2D eigenvalue weighted by molar-refractivity contribution is 5.85. The van der Waals surface area contributed by atoms with Gasteiger partial charge >= 0.3 is 5.97 Å². The second kappa shape index (κ2) is 6.72. The molecule has 2 heterocycles. The van der Waals surface area contributed by atoms with Crippen molar-refractivity contribution in [1.29, 1.82) is 0 Å². The second-order valence-electron chi connectivity index (χ2n) is 6.29. The van der Waals surface area contributed by atoms with Gasteiger partial charge < -0.3 is 24.9 Å². The van der Waals surface area contributed by atoms with Crippen molar-refractivity contribution in [2.45, 2.75) is 12.5 Å². The molecule has 0 unspecified atom stereocenters. The first kappa shape index (κ1) is 16.5. The number of aromatic nitrogens is 1. The second-order valence-corrected chi connectivity index (χ2v) is 6.29. The van der Waals surface area contributed by atoms with Crippen LogP contribution in [0.2, 0.25) is 0 Å². The summed E-state index contributed by atoms with van der Waals surface area (Å²) in [4.78, 5) is 14.3. The molecule has 3 aromatic rings. The van der Waals surface area contributed by atoms with Crippen LogP contribution in [0.3, 0.4) is 0 Å². The first-order valence-electron chi connectivity index (χ1n) is 8.52. The summed E-state index contributed by atoms with van der Waals surface area (Å²) >= 11 is 0. The van der Waals surface area contributed by atoms with Crippen LogP contribution in [0.25, 0.3) is 10.9 Å². The fourth-order valence-electron chi connectivity index (χ4n) is 3.59. The van der Waals surface area contributed by atoms with Crippen LogP contribution in [0.4, 0.5) is 0 Å². The van der Waals surface area contributed by atoms with E-state index in [0.717, 1.165) is 24.0 Å². The van der Waals surface area contributed by atoms with Gasteiger partial charge in [-0.05, 0) is 35.7 Å². The molecule has 0 aliphatic carbocycles. The molecule has 3 N–H and O–H groups in total. The van der Waals surface area contributed by atoms with Crippen molar-refractivity contribution < 1.29 is 19.4 Å². The zero-order chi connectivity index (χ0) is 18.1. The third kappa shape index (κ3) is 2.88. The Balaban J connectivity index is 1.71. The summed E-state index contributed by atoms with van der Waals surface area (Å²) in [6.07, 6.45) is 0.979. The molecule has 1 aliphatic heterocycles. The van der Waals surface area contributed by atoms with E-state index in [1.165, 1.54) is 16.6 Å². The molecule has 1 aliphatic rings. The van der Waals surface area contributed by atoms with Crippen molar-refractivity contribution in [2.24, 2.45) is 0 Å². The molecule has 0 fully saturated rings. The van der Waals surface area contributed by atoms with Gasteiger partial charge in [0.05, 0.1) is 13.2 Å². The lowest BCUT2D eigenvalue weighted by Crippen LogP contribution is -2.30. The molecule has 1 aromatic heterocycles. The van der Waals surface area contributed by atoms with Crippen molar-refractivity contribution in [3.63, 3.8) is 0 Å². The lowest BCUT2D eigenvalue weighted by Gasteiger charge is -2.25. The molecule has 4 rings (SSSR count). The third-order valence-electron chi connectivity index (χ3n) is 4.73. The highest BCUT2D eigenvalue weighted by Crippen LogP contribution is 2.36. The quantitative estimate of drug-likeness (QED) is 0.658. The number of hydrogen-bond acceptors (Lipinski definition) is 4. The minimum Gasteiger partial charge on any atom is -0.493 e. The minimum atomic E-state index is -1.02. The summed E-state index contributed by atoms with van der Waals surface area (Å²) in [5.74, 6) is -0.0760. The maximum absolute atomic E-state index is 10.7. The number of rotatable bonds is 5. The Labute approximate surface area is 150 Å². The topological polar surface area (TPSA) is 83.6 Å². The van der Waals surface area contributed by atoms with Crippen LogP contribution in [0.1, 0.15) is 22.9 Å². The number of H-pyrrole nitrogens is 1. The van der Waals surface area contributed by atoms with E-state index < -0.39 is 12.6 Å². The number of aliphatic carboxylic acids is 1. The van der Waals surface area contributed by atoms with Crippen molar-refractivity contribution in [3.05, 3.63) is 59.3 Å². The van der Waals surface area contributed by atoms with Crippen molar-refractivity contribution in [1.82, 2.24) is 10.3 Å². The molecule has 6 heteroatoms. The Morgan fingerprint density at radius 1 is 1.23 bits per heavy atom. The molecule has 0 saturated heterocycles. The fraction of sp³-hybridized carbons (Fsp3) is 0.250. The number of carbonyl (C=O) groups is 1. The van der Waals surface area contributed by atoms with Crippen LogP contribution in [0.5, 0.6) is 11.5 Å². The predicted molar refractivity (Wildman–Crippen MR) is 98.0 cm³/mol. The van der Waals surface area contributed by atoms with Gasteiger partial charge in [-0.3, -0.25) is 0 Å². The Hall–Kier alpha value is -2.99. The number of para-hydroxylation sites is 1. The first-order chi connectivity index (χ1) is 12.7. The summed E-state index contributed by atoms with van der Waals surface area (Å²) in [5, 5.41) is 13.6. The number of carboxylic acids is 1. The van der Waals surface area contributed by atoms with Crippen LogP contribution in [0.15, 0.2) is 42.5 Å². The molecule has 0 saturated carbocycles. The maximum Gasteiger partial charge on any atom is 0.341 e. The van der Waals surface area contributed by atoms with Gasteiger partial charge in [0.25, 0.3) is 0 Å². The van der Waals surface area contributed by atoms with Crippen molar-refractivity contribution >= 4 is 16.9 Å². The summed E-state index contributed by atoms with van der Waals surface area (Å²) in [6.45, 7) is 0.489. The highest BCUT2D eigenvalue weighted by atomic mass is 16.5. The smallest absolute Gasteiger partial charge is 0.341 e. The van der Waals surface area contributed by atoms with Crippen molar-refractivity contribution in [3.8, 4) is 11.5 Å². The average molecular weight is 352 g/mol. The Morgan fingerprint density at radius 2 is 2.08 bits per heavy atom. The van der Waals surface area contributed by atoms with Crippen LogP contribution in [-0.4, -0.2) is 36.3 Å². The summed E-state index contributed by atoms with van der Waals surface area (Å²) < 4.78 is 10.7. The van der Waals surface area contributed by atoms with Crippen LogP contribution < -0.4 is 14.8 Å². The summed E-state index contributed by atoms with van der Waals surface area (Å²) in [6, 6.07) is 14.0. The van der Waals surface area contributed by atoms with E-state index in [1.807, 2.05) is 18.2 Å². The summed E-state index contributed by atoms with van der Waals surface area (Å²) in [5.41, 5.74) is 4.69. The third-order valence-corrected chi connectivity index (χ3v) is 4.73.